The van der Waals surface area contributed by atoms with Crippen LogP contribution in [0, 0.1) is 5.92 Å². The maximum Gasteiger partial charge on any atom is 0.251 e. The van der Waals surface area contributed by atoms with E-state index in [1.54, 1.807) is 35.2 Å². The van der Waals surface area contributed by atoms with Gasteiger partial charge in [-0.15, -0.1) is 0 Å². The van der Waals surface area contributed by atoms with Gasteiger partial charge >= 0.3 is 0 Å². The van der Waals surface area contributed by atoms with Crippen molar-refractivity contribution in [3.63, 3.8) is 0 Å². The normalized spacial score (nSPS) is 13.4. The highest BCUT2D eigenvalue weighted by Gasteiger charge is 2.19. The largest absolute Gasteiger partial charge is 0.355 e. The molecule has 0 aliphatic carbocycles. The highest BCUT2D eigenvalue weighted by molar-refractivity contribution is 6.42. The molecule has 40 heavy (non-hydrogen) atoms. The molecule has 0 saturated heterocycles. The van der Waals surface area contributed by atoms with Crippen LogP contribution in [0.4, 0.5) is 0 Å². The first-order valence-electron chi connectivity index (χ1n) is 13.1. The molecule has 0 radical (unpaired) electrons. The fourth-order valence-corrected chi connectivity index (χ4v) is 4.64. The third kappa shape index (κ3) is 11.4. The molecule has 220 valence electrons. The molecule has 2 rings (SSSR count). The second-order valence-corrected chi connectivity index (χ2v) is 11.7. The molecule has 3 amide bonds. The van der Waals surface area contributed by atoms with Gasteiger partial charge in [-0.1, -0.05) is 66.3 Å². The van der Waals surface area contributed by atoms with Gasteiger partial charge in [-0.05, 0) is 61.6 Å². The lowest BCUT2D eigenvalue weighted by molar-refractivity contribution is -0.123. The molecule has 0 aliphatic heterocycles. The molecule has 0 aliphatic rings. The standard InChI is InChI=1S/C28H37Cl4N5O3/c1-17(2)26(33)28(40)34-10-8-18(3)36-22(14-35-27(39)19-5-7-23(30)25(32)12-19)9-11-37(16-38)15-20-4-6-21(29)13-24(20)31/h4-7,12-13,16-18,22,26,36H,8-11,14-15,33H2,1-3H3,(H,34,40)(H,35,39). The van der Waals surface area contributed by atoms with Crippen LogP contribution in [0.2, 0.25) is 20.1 Å². The molecular weight excluding hydrogens is 596 g/mol. The Bertz CT molecular complexity index is 1150. The van der Waals surface area contributed by atoms with Crippen molar-refractivity contribution in [2.75, 3.05) is 19.6 Å². The predicted octanol–water partition coefficient (Wildman–Crippen LogP) is 4.92. The highest BCUT2D eigenvalue weighted by Crippen LogP contribution is 2.23. The van der Waals surface area contributed by atoms with Crippen molar-refractivity contribution in [1.29, 1.82) is 0 Å². The molecule has 8 nitrogen and oxygen atoms in total. The number of benzene rings is 2. The number of rotatable bonds is 16. The summed E-state index contributed by atoms with van der Waals surface area (Å²) in [6, 6.07) is 9.09. The van der Waals surface area contributed by atoms with Crippen molar-refractivity contribution in [2.24, 2.45) is 11.7 Å². The molecule has 5 N–H and O–H groups in total. The zero-order chi connectivity index (χ0) is 29.8. The molecule has 0 heterocycles. The van der Waals surface area contributed by atoms with Crippen molar-refractivity contribution in [2.45, 2.75) is 58.3 Å². The SMILES string of the molecule is CC(CCNC(=O)C(N)C(C)C)NC(CCN(C=O)Cc1ccc(Cl)cc1Cl)CNC(=O)c1ccc(Cl)c(Cl)c1. The second-order valence-electron chi connectivity index (χ2n) is 10.1. The van der Waals surface area contributed by atoms with Crippen LogP contribution < -0.4 is 21.7 Å². The number of hydrogen-bond acceptors (Lipinski definition) is 5. The van der Waals surface area contributed by atoms with E-state index < -0.39 is 6.04 Å². The summed E-state index contributed by atoms with van der Waals surface area (Å²) in [5, 5.41) is 11.0. The van der Waals surface area contributed by atoms with Crippen LogP contribution in [0.3, 0.4) is 0 Å². The average molecular weight is 633 g/mol. The van der Waals surface area contributed by atoms with Crippen LogP contribution in [0.15, 0.2) is 36.4 Å². The fourth-order valence-electron chi connectivity index (χ4n) is 3.88. The van der Waals surface area contributed by atoms with Crippen LogP contribution in [0.25, 0.3) is 0 Å². The Morgan fingerprint density at radius 3 is 2.30 bits per heavy atom. The number of hydrogen-bond donors (Lipinski definition) is 4. The lowest BCUT2D eigenvalue weighted by Crippen LogP contribution is -2.48. The van der Waals surface area contributed by atoms with Gasteiger partial charge in [-0.3, -0.25) is 14.4 Å². The van der Waals surface area contributed by atoms with Crippen LogP contribution in [-0.4, -0.2) is 60.9 Å². The van der Waals surface area contributed by atoms with Gasteiger partial charge in [-0.25, -0.2) is 0 Å². The predicted molar refractivity (Wildman–Crippen MR) is 163 cm³/mol. The van der Waals surface area contributed by atoms with E-state index in [0.29, 0.717) is 64.7 Å². The first-order chi connectivity index (χ1) is 18.9. The van der Waals surface area contributed by atoms with Gasteiger partial charge in [-0.2, -0.15) is 0 Å². The topological polar surface area (TPSA) is 117 Å². The lowest BCUT2D eigenvalue weighted by atomic mass is 10.0. The van der Waals surface area contributed by atoms with E-state index in [9.17, 15) is 14.4 Å². The summed E-state index contributed by atoms with van der Waals surface area (Å²) in [6.45, 7) is 7.26. The monoisotopic (exact) mass is 631 g/mol. The molecule has 2 aromatic carbocycles. The Labute approximate surface area is 256 Å². The molecule has 0 saturated carbocycles. The van der Waals surface area contributed by atoms with Crippen molar-refractivity contribution >= 4 is 64.6 Å². The maximum absolute atomic E-state index is 12.8. The summed E-state index contributed by atoms with van der Waals surface area (Å²) in [4.78, 5) is 38.4. The van der Waals surface area contributed by atoms with Crippen LogP contribution in [0.5, 0.6) is 0 Å². The highest BCUT2D eigenvalue weighted by atomic mass is 35.5. The molecule has 0 fully saturated rings. The first kappa shape index (κ1) is 34.1. The molecule has 12 heteroatoms. The Balaban J connectivity index is 2.01. The average Bonchev–Trinajstić information content (AvgIpc) is 2.91. The number of nitrogens with zero attached hydrogens (tertiary/aromatic N) is 1. The summed E-state index contributed by atoms with van der Waals surface area (Å²) in [5.41, 5.74) is 7.08. The van der Waals surface area contributed by atoms with Crippen LogP contribution >= 0.6 is 46.4 Å². The third-order valence-electron chi connectivity index (χ3n) is 6.41. The quantitative estimate of drug-likeness (QED) is 0.196. The van der Waals surface area contributed by atoms with E-state index in [4.69, 9.17) is 52.1 Å². The first-order valence-corrected chi connectivity index (χ1v) is 14.6. The molecule has 2 aromatic rings. The van der Waals surface area contributed by atoms with E-state index in [2.05, 4.69) is 16.0 Å². The number of halogens is 4. The van der Waals surface area contributed by atoms with E-state index in [0.717, 1.165) is 12.0 Å². The van der Waals surface area contributed by atoms with E-state index >= 15 is 0 Å². The fraction of sp³-hybridized carbons (Fsp3) is 0.464. The summed E-state index contributed by atoms with van der Waals surface area (Å²) in [6.07, 6.45) is 1.96. The number of nitrogens with one attached hydrogen (secondary N) is 3. The zero-order valence-electron chi connectivity index (χ0n) is 22.9. The molecule has 0 bridgehead atoms. The Morgan fingerprint density at radius 2 is 1.68 bits per heavy atom. The van der Waals surface area contributed by atoms with Gasteiger partial charge in [0.2, 0.25) is 12.3 Å². The molecular formula is C28H37Cl4N5O3. The van der Waals surface area contributed by atoms with E-state index in [-0.39, 0.29) is 29.8 Å². The number of carbonyl (C=O) groups excluding carboxylic acids is 3. The molecule has 0 spiro atoms. The van der Waals surface area contributed by atoms with Crippen LogP contribution in [0.1, 0.15) is 49.5 Å². The minimum atomic E-state index is -0.559. The van der Waals surface area contributed by atoms with Gasteiger partial charge in [0.25, 0.3) is 5.91 Å². The summed E-state index contributed by atoms with van der Waals surface area (Å²) in [7, 11) is 0. The number of nitrogens with two attached hydrogens (primary N) is 1. The Kier molecular flexibility index (Phi) is 14.5. The van der Waals surface area contributed by atoms with Crippen molar-refractivity contribution in [3.05, 3.63) is 67.6 Å². The smallest absolute Gasteiger partial charge is 0.251 e. The molecule has 0 aromatic heterocycles. The number of amides is 3. The van der Waals surface area contributed by atoms with Gasteiger partial charge in [0.05, 0.1) is 16.1 Å². The van der Waals surface area contributed by atoms with Crippen molar-refractivity contribution < 1.29 is 14.4 Å². The molecule has 3 atom stereocenters. The summed E-state index contributed by atoms with van der Waals surface area (Å²) in [5.74, 6) is -0.439. The lowest BCUT2D eigenvalue weighted by Gasteiger charge is -2.27. The van der Waals surface area contributed by atoms with Crippen LogP contribution in [-0.2, 0) is 16.1 Å². The van der Waals surface area contributed by atoms with E-state index in [1.807, 2.05) is 20.8 Å². The number of carbonyl (C=O) groups is 3. The van der Waals surface area contributed by atoms with E-state index in [1.165, 1.54) is 6.07 Å². The van der Waals surface area contributed by atoms with Gasteiger partial charge in [0.1, 0.15) is 0 Å². The summed E-state index contributed by atoms with van der Waals surface area (Å²) >= 11 is 24.3. The molecule has 3 unspecified atom stereocenters. The van der Waals surface area contributed by atoms with Gasteiger partial charge < -0.3 is 26.6 Å². The Hall–Kier alpha value is -2.07. The minimum Gasteiger partial charge on any atom is -0.355 e. The van der Waals surface area contributed by atoms with Crippen molar-refractivity contribution in [3.8, 4) is 0 Å². The van der Waals surface area contributed by atoms with Gasteiger partial charge in [0.15, 0.2) is 0 Å². The van der Waals surface area contributed by atoms with Crippen molar-refractivity contribution in [1.82, 2.24) is 20.9 Å². The summed E-state index contributed by atoms with van der Waals surface area (Å²) < 4.78 is 0. The maximum atomic E-state index is 12.8. The Morgan fingerprint density at radius 1 is 0.950 bits per heavy atom. The minimum absolute atomic E-state index is 0.00200. The zero-order valence-corrected chi connectivity index (χ0v) is 25.9. The second kappa shape index (κ2) is 17.0. The van der Waals surface area contributed by atoms with Gasteiger partial charge in [0, 0.05) is 53.9 Å². The third-order valence-corrected chi connectivity index (χ3v) is 7.74.